The van der Waals surface area contributed by atoms with E-state index in [1.165, 1.54) is 34.0 Å². The second-order valence-corrected chi connectivity index (χ2v) is 23.2. The summed E-state index contributed by atoms with van der Waals surface area (Å²) >= 11 is 0. The molecule has 11 nitrogen and oxygen atoms in total. The molecule has 2 aliphatic rings. The predicted molar refractivity (Wildman–Crippen MR) is 294 cm³/mol. The van der Waals surface area contributed by atoms with Crippen LogP contribution in [0.15, 0.2) is 109 Å². The summed E-state index contributed by atoms with van der Waals surface area (Å²) < 4.78 is 32.9. The Hall–Kier alpha value is -6.36. The monoisotopic (exact) mass is 1020 g/mol. The molecular formula is C63H84O11. The Kier molecular flexibility index (Phi) is 20.5. The van der Waals surface area contributed by atoms with Gasteiger partial charge in [-0.05, 0) is 196 Å². The van der Waals surface area contributed by atoms with E-state index in [4.69, 9.17) is 33.5 Å². The van der Waals surface area contributed by atoms with Crippen LogP contribution >= 0.6 is 0 Å². The van der Waals surface area contributed by atoms with Gasteiger partial charge >= 0.3 is 23.9 Å². The van der Waals surface area contributed by atoms with Gasteiger partial charge in [-0.3, -0.25) is 19.2 Å². The van der Waals surface area contributed by atoms with E-state index in [2.05, 4.69) is 50.2 Å². The van der Waals surface area contributed by atoms with Crippen molar-refractivity contribution in [1.82, 2.24) is 0 Å². The number of phenols is 1. The number of esters is 4. The average Bonchev–Trinajstić information content (AvgIpc) is 3.87. The second-order valence-electron chi connectivity index (χ2n) is 23.2. The molecule has 0 spiro atoms. The number of hydrogen-bond acceptors (Lipinski definition) is 11. The molecule has 0 aromatic heterocycles. The van der Waals surface area contributed by atoms with Gasteiger partial charge in [0.25, 0.3) is 0 Å². The highest BCUT2D eigenvalue weighted by molar-refractivity contribution is 5.92. The third kappa shape index (κ3) is 17.4. The molecule has 3 unspecified atom stereocenters. The van der Waals surface area contributed by atoms with Crippen molar-refractivity contribution in [2.45, 2.75) is 179 Å². The first-order valence-corrected chi connectivity index (χ1v) is 26.1. The third-order valence-corrected chi connectivity index (χ3v) is 13.6. The Balaban J connectivity index is 0.000000231. The maximum atomic E-state index is 12.9. The van der Waals surface area contributed by atoms with Crippen LogP contribution in [0.25, 0.3) is 10.8 Å². The molecular weight excluding hydrogens is 933 g/mol. The lowest BCUT2D eigenvalue weighted by Gasteiger charge is -2.27. The summed E-state index contributed by atoms with van der Waals surface area (Å²) in [4.78, 5) is 46.9. The molecule has 1 aliphatic heterocycles. The van der Waals surface area contributed by atoms with Gasteiger partial charge in [-0.2, -0.15) is 0 Å². The van der Waals surface area contributed by atoms with E-state index >= 15 is 0 Å². The van der Waals surface area contributed by atoms with Crippen LogP contribution in [-0.4, -0.2) is 52.9 Å². The Morgan fingerprint density at radius 2 is 0.973 bits per heavy atom. The second kappa shape index (κ2) is 25.2. The van der Waals surface area contributed by atoms with Gasteiger partial charge in [-0.25, -0.2) is 0 Å². The molecule has 11 heteroatoms. The quantitative estimate of drug-likeness (QED) is 0.0684. The number of carbonyl (C=O) groups is 4. The van der Waals surface area contributed by atoms with Crippen LogP contribution in [0.1, 0.15) is 184 Å². The molecule has 1 heterocycles. The van der Waals surface area contributed by atoms with Crippen LogP contribution in [-0.2, 0) is 33.4 Å². The van der Waals surface area contributed by atoms with Gasteiger partial charge in [0.05, 0.1) is 22.7 Å². The minimum atomic E-state index is -0.553. The van der Waals surface area contributed by atoms with Crippen molar-refractivity contribution < 1.29 is 52.7 Å². The van der Waals surface area contributed by atoms with Crippen molar-refractivity contribution in [1.29, 1.82) is 0 Å². The van der Waals surface area contributed by atoms with E-state index in [0.29, 0.717) is 30.4 Å². The standard InChI is InChI=1S/C27H38O4.C14H14.C12H16O3.C10H16O4/c1-10-27(8,9)24(28)29-23(19-11-15-21(16-12-19)30-25(2,3)4)20-13-17-22(18-14-20)31-26(5,6)7;1-9-10(2)13-8-4-6-11-5-3-7-12(9)14(11)13;1-4-12(2,3)11(14)15-10-7-5-9(13)6-8-10;1-4-10(2,3)9(12)14-7-5-8(11)13-6-7/h11-18,23H,10H2,1-9H3;3-10H,1-2H3;5-8,13H,4H2,1-3H3;7H,4-6H2,1-3H3. The molecule has 1 aliphatic carbocycles. The SMILES string of the molecule is CC1c2cccc3cccc(c23)C1C.CCC(C)(C)C(=O)OC(c1ccc(OC(C)(C)C)cc1)c1ccc(OC(C)(C)C)cc1.CCC(C)(C)C(=O)OC1COC(=O)C1.CCC(C)(C)C(=O)Oc1ccc(O)cc1. The van der Waals surface area contributed by atoms with Crippen molar-refractivity contribution in [3.8, 4) is 23.0 Å². The molecule has 5 aromatic rings. The average molecular weight is 1020 g/mol. The van der Waals surface area contributed by atoms with Crippen LogP contribution in [0.4, 0.5) is 0 Å². The Labute approximate surface area is 441 Å². The van der Waals surface area contributed by atoms with Crippen molar-refractivity contribution in [2.75, 3.05) is 6.61 Å². The molecule has 1 saturated heterocycles. The lowest BCUT2D eigenvalue weighted by molar-refractivity contribution is -0.160. The number of phenolic OH excluding ortho intramolecular Hbond substituents is 1. The highest BCUT2D eigenvalue weighted by atomic mass is 16.6. The predicted octanol–water partition coefficient (Wildman–Crippen LogP) is 15.2. The lowest BCUT2D eigenvalue weighted by Crippen LogP contribution is -2.30. The third-order valence-electron chi connectivity index (χ3n) is 13.6. The van der Waals surface area contributed by atoms with E-state index in [1.54, 1.807) is 12.1 Å². The fourth-order valence-electron chi connectivity index (χ4n) is 7.49. The normalized spacial score (nSPS) is 16.3. The number of aromatic hydroxyl groups is 1. The van der Waals surface area contributed by atoms with E-state index in [0.717, 1.165) is 29.0 Å². The van der Waals surface area contributed by atoms with Gasteiger partial charge in [-0.15, -0.1) is 0 Å². The number of carbonyl (C=O) groups excluding carboxylic acids is 4. The number of ether oxygens (including phenoxy) is 6. The molecule has 1 fully saturated rings. The van der Waals surface area contributed by atoms with Gasteiger partial charge in [0.1, 0.15) is 46.9 Å². The van der Waals surface area contributed by atoms with E-state index in [-0.39, 0.29) is 60.0 Å². The van der Waals surface area contributed by atoms with Crippen LogP contribution in [0.3, 0.4) is 0 Å². The molecule has 402 valence electrons. The highest BCUT2D eigenvalue weighted by Gasteiger charge is 2.34. The zero-order chi connectivity index (χ0) is 55.4. The number of benzene rings is 5. The van der Waals surface area contributed by atoms with Crippen molar-refractivity contribution >= 4 is 34.6 Å². The van der Waals surface area contributed by atoms with Crippen LogP contribution < -0.4 is 14.2 Å². The summed E-state index contributed by atoms with van der Waals surface area (Å²) in [6.45, 7) is 34.0. The summed E-state index contributed by atoms with van der Waals surface area (Å²) in [6, 6.07) is 35.0. The fraction of sp³-hybridized carbons (Fsp3) is 0.492. The molecule has 0 saturated carbocycles. The van der Waals surface area contributed by atoms with Gasteiger partial charge < -0.3 is 33.5 Å². The number of hydrogen-bond donors (Lipinski definition) is 1. The summed E-state index contributed by atoms with van der Waals surface area (Å²) in [5, 5.41) is 12.0. The van der Waals surface area contributed by atoms with Gasteiger partial charge in [0.2, 0.25) is 0 Å². The Morgan fingerprint density at radius 3 is 1.36 bits per heavy atom. The molecule has 7 rings (SSSR count). The minimum Gasteiger partial charge on any atom is -0.508 e. The van der Waals surface area contributed by atoms with Crippen molar-refractivity contribution in [3.63, 3.8) is 0 Å². The van der Waals surface area contributed by atoms with Gasteiger partial charge in [0, 0.05) is 0 Å². The lowest BCUT2D eigenvalue weighted by atomic mass is 9.90. The summed E-state index contributed by atoms with van der Waals surface area (Å²) in [5.74, 6) is 2.51. The molecule has 5 aromatic carbocycles. The van der Waals surface area contributed by atoms with Gasteiger partial charge in [-0.1, -0.05) is 95.3 Å². The van der Waals surface area contributed by atoms with E-state index in [9.17, 15) is 19.2 Å². The highest BCUT2D eigenvalue weighted by Crippen LogP contribution is 2.46. The number of cyclic esters (lactones) is 1. The first-order valence-electron chi connectivity index (χ1n) is 26.1. The largest absolute Gasteiger partial charge is 0.508 e. The van der Waals surface area contributed by atoms with Crippen molar-refractivity contribution in [2.24, 2.45) is 16.2 Å². The van der Waals surface area contributed by atoms with Crippen LogP contribution in [0.5, 0.6) is 23.0 Å². The molecule has 3 atom stereocenters. The zero-order valence-corrected chi connectivity index (χ0v) is 47.3. The maximum Gasteiger partial charge on any atom is 0.316 e. The Bertz CT molecular complexity index is 2530. The van der Waals surface area contributed by atoms with E-state index in [1.807, 2.05) is 152 Å². The van der Waals surface area contributed by atoms with Crippen molar-refractivity contribution in [3.05, 3.63) is 131 Å². The Morgan fingerprint density at radius 1 is 0.568 bits per heavy atom. The molecule has 0 amide bonds. The van der Waals surface area contributed by atoms with E-state index < -0.39 is 22.3 Å². The van der Waals surface area contributed by atoms with Gasteiger partial charge in [0.15, 0.2) is 6.10 Å². The van der Waals surface area contributed by atoms with Crippen LogP contribution in [0, 0.1) is 16.2 Å². The number of rotatable bonds is 13. The first-order chi connectivity index (χ1) is 34.4. The minimum absolute atomic E-state index is 0.157. The van der Waals surface area contributed by atoms with Crippen LogP contribution in [0.2, 0.25) is 0 Å². The smallest absolute Gasteiger partial charge is 0.316 e. The summed E-state index contributed by atoms with van der Waals surface area (Å²) in [7, 11) is 0. The molecule has 74 heavy (non-hydrogen) atoms. The summed E-state index contributed by atoms with van der Waals surface area (Å²) in [5.41, 5.74) is 2.79. The molecule has 0 bridgehead atoms. The molecule has 0 radical (unpaired) electrons. The fourth-order valence-corrected chi connectivity index (χ4v) is 7.49. The first kappa shape index (κ1) is 60.2. The zero-order valence-electron chi connectivity index (χ0n) is 47.3. The molecule has 1 N–H and O–H groups in total. The summed E-state index contributed by atoms with van der Waals surface area (Å²) in [6.07, 6.45) is 1.43. The maximum absolute atomic E-state index is 12.9. The topological polar surface area (TPSA) is 144 Å².